The Kier molecular flexibility index (Phi) is 4.24. The second-order valence-electron chi connectivity index (χ2n) is 6.65. The smallest absolute Gasteiger partial charge is 0.273 e. The molecule has 0 aliphatic carbocycles. The van der Waals surface area contributed by atoms with Gasteiger partial charge in [0.2, 0.25) is 0 Å². The van der Waals surface area contributed by atoms with Gasteiger partial charge in [0.05, 0.1) is 12.6 Å². The minimum Gasteiger partial charge on any atom is -0.497 e. The first-order valence-corrected chi connectivity index (χ1v) is 9.20. The van der Waals surface area contributed by atoms with E-state index in [0.29, 0.717) is 17.5 Å². The van der Waals surface area contributed by atoms with Crippen molar-refractivity contribution in [3.63, 3.8) is 0 Å². The fraction of sp³-hybridized carbons (Fsp3) is 0.444. The van der Waals surface area contributed by atoms with Gasteiger partial charge in [0.1, 0.15) is 11.4 Å². The molecule has 6 heteroatoms. The van der Waals surface area contributed by atoms with Crippen LogP contribution in [0.15, 0.2) is 35.2 Å². The molecule has 0 unspecified atom stereocenters. The van der Waals surface area contributed by atoms with Gasteiger partial charge in [-0.25, -0.2) is 4.98 Å². The van der Waals surface area contributed by atoms with Crippen molar-refractivity contribution in [3.8, 4) is 5.75 Å². The van der Waals surface area contributed by atoms with E-state index in [1.165, 1.54) is 16.9 Å². The normalized spacial score (nSPS) is 23.5. The van der Waals surface area contributed by atoms with Crippen LogP contribution in [0.3, 0.4) is 0 Å². The molecule has 4 rings (SSSR count). The molecular weight excluding hydrogens is 322 g/mol. The van der Waals surface area contributed by atoms with E-state index in [1.807, 2.05) is 22.4 Å². The predicted octanol–water partition coefficient (Wildman–Crippen LogP) is 2.36. The van der Waals surface area contributed by atoms with E-state index in [-0.39, 0.29) is 5.91 Å². The van der Waals surface area contributed by atoms with Crippen LogP contribution < -0.4 is 4.74 Å². The second kappa shape index (κ2) is 6.53. The van der Waals surface area contributed by atoms with Gasteiger partial charge in [0, 0.05) is 38.1 Å². The summed E-state index contributed by atoms with van der Waals surface area (Å²) < 4.78 is 5.21. The van der Waals surface area contributed by atoms with E-state index in [1.54, 1.807) is 12.6 Å². The maximum atomic E-state index is 12.4. The number of carbonyl (C=O) groups is 1. The average molecular weight is 343 g/mol. The first kappa shape index (κ1) is 15.6. The maximum Gasteiger partial charge on any atom is 0.273 e. The number of methoxy groups -OCH3 is 1. The zero-order chi connectivity index (χ0) is 16.5. The summed E-state index contributed by atoms with van der Waals surface area (Å²) in [6.45, 7) is 4.83. The van der Waals surface area contributed by atoms with Crippen LogP contribution in [-0.4, -0.2) is 54.0 Å². The molecule has 1 aromatic heterocycles. The van der Waals surface area contributed by atoms with Gasteiger partial charge in [-0.1, -0.05) is 12.1 Å². The third-order valence-electron chi connectivity index (χ3n) is 5.07. The number of thiazole rings is 1. The van der Waals surface area contributed by atoms with Crippen molar-refractivity contribution in [2.24, 2.45) is 11.8 Å². The zero-order valence-electron chi connectivity index (χ0n) is 13.7. The number of ether oxygens (including phenoxy) is 1. The van der Waals surface area contributed by atoms with Gasteiger partial charge in [-0.2, -0.15) is 0 Å². The monoisotopic (exact) mass is 343 g/mol. The summed E-state index contributed by atoms with van der Waals surface area (Å²) in [5.74, 6) is 2.16. The summed E-state index contributed by atoms with van der Waals surface area (Å²) in [6.07, 6.45) is 0. The molecule has 24 heavy (non-hydrogen) atoms. The number of likely N-dealkylation sites (tertiary alicyclic amines) is 2. The van der Waals surface area contributed by atoms with Gasteiger partial charge in [0.15, 0.2) is 0 Å². The molecule has 0 radical (unpaired) electrons. The molecule has 2 aromatic rings. The second-order valence-corrected chi connectivity index (χ2v) is 7.36. The summed E-state index contributed by atoms with van der Waals surface area (Å²) in [5, 5.41) is 1.84. The molecule has 0 saturated carbocycles. The molecule has 2 saturated heterocycles. The quantitative estimate of drug-likeness (QED) is 0.855. The predicted molar refractivity (Wildman–Crippen MR) is 93.3 cm³/mol. The van der Waals surface area contributed by atoms with Crippen LogP contribution in [0.1, 0.15) is 16.1 Å². The standard InChI is InChI=1S/C18H21N3O2S/c1-23-16-4-2-13(3-5-16)6-20-7-14-9-21(10-15(14)8-20)18(22)17-11-24-12-19-17/h2-5,11-12,14-15H,6-10H2,1H3/t14-,15-/m1/s1. The lowest BCUT2D eigenvalue weighted by atomic mass is 10.0. The van der Waals surface area contributed by atoms with Gasteiger partial charge in [-0.05, 0) is 29.5 Å². The van der Waals surface area contributed by atoms with Crippen LogP contribution in [-0.2, 0) is 6.54 Å². The molecule has 1 amide bonds. The summed E-state index contributed by atoms with van der Waals surface area (Å²) in [6, 6.07) is 8.29. The fourth-order valence-electron chi connectivity index (χ4n) is 3.85. The van der Waals surface area contributed by atoms with Gasteiger partial charge >= 0.3 is 0 Å². The fourth-order valence-corrected chi connectivity index (χ4v) is 4.38. The number of carbonyl (C=O) groups excluding carboxylic acids is 1. The zero-order valence-corrected chi connectivity index (χ0v) is 14.5. The third-order valence-corrected chi connectivity index (χ3v) is 5.65. The molecule has 0 spiro atoms. The maximum absolute atomic E-state index is 12.4. The number of aromatic nitrogens is 1. The molecule has 3 heterocycles. The molecule has 2 aliphatic heterocycles. The minimum absolute atomic E-state index is 0.0901. The summed E-state index contributed by atoms with van der Waals surface area (Å²) >= 11 is 1.48. The Labute approximate surface area is 145 Å². The SMILES string of the molecule is COc1ccc(CN2C[C@@H]3CN(C(=O)c4cscn4)C[C@H]3C2)cc1. The molecule has 2 fully saturated rings. The van der Waals surface area contributed by atoms with Gasteiger partial charge in [0.25, 0.3) is 5.91 Å². The van der Waals surface area contributed by atoms with Crippen molar-refractivity contribution in [2.45, 2.75) is 6.54 Å². The van der Waals surface area contributed by atoms with Crippen molar-refractivity contribution in [3.05, 3.63) is 46.4 Å². The lowest BCUT2D eigenvalue weighted by molar-refractivity contribution is 0.0768. The minimum atomic E-state index is 0.0901. The Morgan fingerprint density at radius 3 is 2.50 bits per heavy atom. The lowest BCUT2D eigenvalue weighted by Crippen LogP contribution is -2.33. The van der Waals surface area contributed by atoms with E-state index < -0.39 is 0 Å². The van der Waals surface area contributed by atoms with Crippen LogP contribution in [0.2, 0.25) is 0 Å². The highest BCUT2D eigenvalue weighted by Crippen LogP contribution is 2.32. The van der Waals surface area contributed by atoms with E-state index in [4.69, 9.17) is 4.74 Å². The van der Waals surface area contributed by atoms with E-state index in [2.05, 4.69) is 22.0 Å². The molecule has 1 aromatic carbocycles. The van der Waals surface area contributed by atoms with E-state index >= 15 is 0 Å². The number of amides is 1. The Hall–Kier alpha value is -1.92. The lowest BCUT2D eigenvalue weighted by Gasteiger charge is -2.21. The molecule has 0 N–H and O–H groups in total. The molecule has 5 nitrogen and oxygen atoms in total. The summed E-state index contributed by atoms with van der Waals surface area (Å²) in [7, 11) is 1.69. The summed E-state index contributed by atoms with van der Waals surface area (Å²) in [5.41, 5.74) is 3.63. The molecular formula is C18H21N3O2S. The topological polar surface area (TPSA) is 45.7 Å². The van der Waals surface area contributed by atoms with Crippen molar-refractivity contribution in [1.82, 2.24) is 14.8 Å². The van der Waals surface area contributed by atoms with Crippen molar-refractivity contribution < 1.29 is 9.53 Å². The van der Waals surface area contributed by atoms with E-state index in [0.717, 1.165) is 38.5 Å². The van der Waals surface area contributed by atoms with Gasteiger partial charge in [-0.3, -0.25) is 9.69 Å². The van der Waals surface area contributed by atoms with Gasteiger partial charge in [-0.15, -0.1) is 11.3 Å². The number of fused-ring (bicyclic) bond motifs is 1. The highest BCUT2D eigenvalue weighted by Gasteiger charge is 2.41. The van der Waals surface area contributed by atoms with Crippen LogP contribution >= 0.6 is 11.3 Å². The first-order chi connectivity index (χ1) is 11.7. The van der Waals surface area contributed by atoms with Crippen molar-refractivity contribution in [2.75, 3.05) is 33.3 Å². The Morgan fingerprint density at radius 2 is 1.92 bits per heavy atom. The number of rotatable bonds is 4. The number of hydrogen-bond donors (Lipinski definition) is 0. The van der Waals surface area contributed by atoms with Gasteiger partial charge < -0.3 is 9.64 Å². The Balaban J connectivity index is 1.33. The van der Waals surface area contributed by atoms with Crippen molar-refractivity contribution >= 4 is 17.2 Å². The number of benzene rings is 1. The van der Waals surface area contributed by atoms with E-state index in [9.17, 15) is 4.79 Å². The molecule has 0 bridgehead atoms. The van der Waals surface area contributed by atoms with Crippen LogP contribution in [0.25, 0.3) is 0 Å². The van der Waals surface area contributed by atoms with Crippen LogP contribution in [0, 0.1) is 11.8 Å². The Bertz CT molecular complexity index is 688. The average Bonchev–Trinajstić information content (AvgIpc) is 3.31. The van der Waals surface area contributed by atoms with Crippen LogP contribution in [0.5, 0.6) is 5.75 Å². The molecule has 126 valence electrons. The molecule has 2 atom stereocenters. The van der Waals surface area contributed by atoms with Crippen molar-refractivity contribution in [1.29, 1.82) is 0 Å². The highest BCUT2D eigenvalue weighted by molar-refractivity contribution is 7.07. The van der Waals surface area contributed by atoms with Crippen LogP contribution in [0.4, 0.5) is 0 Å². The highest BCUT2D eigenvalue weighted by atomic mass is 32.1. The first-order valence-electron chi connectivity index (χ1n) is 8.25. The third kappa shape index (κ3) is 3.03. The number of hydrogen-bond acceptors (Lipinski definition) is 5. The number of nitrogens with zero attached hydrogens (tertiary/aromatic N) is 3. The molecule has 2 aliphatic rings. The largest absolute Gasteiger partial charge is 0.497 e. The summed E-state index contributed by atoms with van der Waals surface area (Å²) in [4.78, 5) is 21.0. The Morgan fingerprint density at radius 1 is 1.21 bits per heavy atom.